The number of likely N-dealkylation sites (tertiary alicyclic amines) is 1. The summed E-state index contributed by atoms with van der Waals surface area (Å²) < 4.78 is 5.32. The summed E-state index contributed by atoms with van der Waals surface area (Å²) in [5.41, 5.74) is 0.829. The molecule has 0 bridgehead atoms. The van der Waals surface area contributed by atoms with Gasteiger partial charge in [-0.2, -0.15) is 0 Å². The molecule has 118 valence electrons. The minimum atomic E-state index is -0.157. The maximum Gasteiger partial charge on any atom is 0.324 e. The Morgan fingerprint density at radius 1 is 1.55 bits per heavy atom. The maximum atomic E-state index is 12.5. The molecule has 0 radical (unpaired) electrons. The number of nitrogens with one attached hydrogen (secondary N) is 1. The van der Waals surface area contributed by atoms with Crippen molar-refractivity contribution in [1.29, 1.82) is 0 Å². The molecule has 2 amide bonds. The summed E-state index contributed by atoms with van der Waals surface area (Å²) in [5, 5.41) is 16.3. The van der Waals surface area contributed by atoms with Crippen molar-refractivity contribution in [3.63, 3.8) is 0 Å². The van der Waals surface area contributed by atoms with Crippen molar-refractivity contribution < 1.29 is 9.32 Å². The molecule has 3 rings (SSSR count). The highest BCUT2D eigenvalue weighted by Gasteiger charge is 2.33. The SMILES string of the molecule is CCCc1nnc(NC(=O)N2CCC[C@H]2c2cc(C)no2)s1. The van der Waals surface area contributed by atoms with E-state index in [0.29, 0.717) is 11.7 Å². The quantitative estimate of drug-likeness (QED) is 0.935. The molecule has 7 nitrogen and oxygen atoms in total. The number of urea groups is 1. The second-order valence-corrected chi connectivity index (χ2v) is 6.47. The summed E-state index contributed by atoms with van der Waals surface area (Å²) in [5.74, 6) is 0.745. The van der Waals surface area contributed by atoms with Crippen LogP contribution in [0.3, 0.4) is 0 Å². The number of nitrogens with zero attached hydrogens (tertiary/aromatic N) is 4. The fourth-order valence-corrected chi connectivity index (χ4v) is 3.46. The van der Waals surface area contributed by atoms with Crippen molar-refractivity contribution in [2.45, 2.75) is 45.6 Å². The Balaban J connectivity index is 1.67. The van der Waals surface area contributed by atoms with E-state index in [4.69, 9.17) is 4.52 Å². The normalized spacial score (nSPS) is 17.9. The van der Waals surface area contributed by atoms with Gasteiger partial charge >= 0.3 is 6.03 Å². The van der Waals surface area contributed by atoms with Crippen LogP contribution in [0.1, 0.15) is 48.7 Å². The highest BCUT2D eigenvalue weighted by molar-refractivity contribution is 7.15. The first-order valence-corrected chi connectivity index (χ1v) is 8.32. The molecule has 1 fully saturated rings. The first kappa shape index (κ1) is 15.0. The smallest absolute Gasteiger partial charge is 0.324 e. The monoisotopic (exact) mass is 321 g/mol. The van der Waals surface area contributed by atoms with Crippen molar-refractivity contribution in [1.82, 2.24) is 20.3 Å². The van der Waals surface area contributed by atoms with Crippen LogP contribution < -0.4 is 5.32 Å². The van der Waals surface area contributed by atoms with Gasteiger partial charge in [0.15, 0.2) is 5.76 Å². The summed E-state index contributed by atoms with van der Waals surface area (Å²) in [6.07, 6.45) is 3.74. The number of aryl methyl sites for hydroxylation is 2. The van der Waals surface area contributed by atoms with Crippen LogP contribution in [0.15, 0.2) is 10.6 Å². The number of hydrogen-bond donors (Lipinski definition) is 1. The standard InChI is InChI=1S/C14H19N5O2S/c1-3-5-12-16-17-13(22-12)15-14(20)19-7-4-6-10(19)11-8-9(2)18-21-11/h8,10H,3-7H2,1-2H3,(H,15,17,20)/t10-/m0/s1. The number of anilines is 1. The van der Waals surface area contributed by atoms with E-state index in [9.17, 15) is 4.79 Å². The van der Waals surface area contributed by atoms with Crippen LogP contribution in [-0.4, -0.2) is 32.8 Å². The molecule has 0 spiro atoms. The fraction of sp³-hybridized carbons (Fsp3) is 0.571. The van der Waals surface area contributed by atoms with Gasteiger partial charge in [-0.3, -0.25) is 5.32 Å². The van der Waals surface area contributed by atoms with Crippen LogP contribution in [0, 0.1) is 6.92 Å². The minimum absolute atomic E-state index is 0.0516. The van der Waals surface area contributed by atoms with Gasteiger partial charge in [-0.1, -0.05) is 23.4 Å². The van der Waals surface area contributed by atoms with Crippen molar-refractivity contribution in [3.8, 4) is 0 Å². The largest absolute Gasteiger partial charge is 0.359 e. The Bertz CT molecular complexity index is 653. The molecule has 8 heteroatoms. The van der Waals surface area contributed by atoms with E-state index in [1.54, 1.807) is 4.90 Å². The third-order valence-electron chi connectivity index (χ3n) is 3.63. The van der Waals surface area contributed by atoms with Crippen LogP contribution in [0.4, 0.5) is 9.93 Å². The molecule has 1 atom stereocenters. The number of carbonyl (C=O) groups is 1. The third-order valence-corrected chi connectivity index (χ3v) is 4.53. The number of carbonyl (C=O) groups excluding carboxylic acids is 1. The molecule has 0 aromatic carbocycles. The van der Waals surface area contributed by atoms with E-state index in [-0.39, 0.29) is 12.1 Å². The van der Waals surface area contributed by atoms with Gasteiger partial charge in [0.2, 0.25) is 5.13 Å². The zero-order valence-electron chi connectivity index (χ0n) is 12.7. The highest BCUT2D eigenvalue weighted by atomic mass is 32.1. The summed E-state index contributed by atoms with van der Waals surface area (Å²) in [4.78, 5) is 14.2. The molecule has 1 aliphatic heterocycles. The zero-order valence-corrected chi connectivity index (χ0v) is 13.5. The maximum absolute atomic E-state index is 12.5. The first-order chi connectivity index (χ1) is 10.7. The van der Waals surface area contributed by atoms with Crippen LogP contribution in [0.5, 0.6) is 0 Å². The molecule has 1 N–H and O–H groups in total. The predicted molar refractivity (Wildman–Crippen MR) is 82.8 cm³/mol. The average molecular weight is 321 g/mol. The van der Waals surface area contributed by atoms with Crippen molar-refractivity contribution in [3.05, 3.63) is 22.5 Å². The molecule has 1 saturated heterocycles. The van der Waals surface area contributed by atoms with Gasteiger partial charge in [-0.05, 0) is 26.2 Å². The van der Waals surface area contributed by atoms with Gasteiger partial charge < -0.3 is 9.42 Å². The number of hydrogen-bond acceptors (Lipinski definition) is 6. The van der Waals surface area contributed by atoms with Crippen molar-refractivity contribution in [2.24, 2.45) is 0 Å². The van der Waals surface area contributed by atoms with Crippen LogP contribution in [0.25, 0.3) is 0 Å². The molecule has 2 aromatic heterocycles. The van der Waals surface area contributed by atoms with E-state index < -0.39 is 0 Å². The summed E-state index contributed by atoms with van der Waals surface area (Å²) >= 11 is 1.43. The summed E-state index contributed by atoms with van der Waals surface area (Å²) in [6.45, 7) is 4.67. The topological polar surface area (TPSA) is 84.2 Å². The van der Waals surface area contributed by atoms with Crippen LogP contribution >= 0.6 is 11.3 Å². The Kier molecular flexibility index (Phi) is 4.37. The van der Waals surface area contributed by atoms with E-state index in [1.165, 1.54) is 11.3 Å². The molecule has 0 aliphatic carbocycles. The van der Waals surface area contributed by atoms with E-state index >= 15 is 0 Å². The van der Waals surface area contributed by atoms with Gasteiger partial charge in [-0.15, -0.1) is 10.2 Å². The van der Waals surface area contributed by atoms with Crippen molar-refractivity contribution in [2.75, 3.05) is 11.9 Å². The Morgan fingerprint density at radius 2 is 2.41 bits per heavy atom. The first-order valence-electron chi connectivity index (χ1n) is 7.50. The van der Waals surface area contributed by atoms with Crippen LogP contribution in [-0.2, 0) is 6.42 Å². The third kappa shape index (κ3) is 3.11. The zero-order chi connectivity index (χ0) is 15.5. The fourth-order valence-electron chi connectivity index (χ4n) is 2.63. The molecule has 1 aliphatic rings. The van der Waals surface area contributed by atoms with Gasteiger partial charge in [0, 0.05) is 19.0 Å². The average Bonchev–Trinajstić information content (AvgIpc) is 3.19. The van der Waals surface area contributed by atoms with Crippen molar-refractivity contribution >= 4 is 22.5 Å². The summed E-state index contributed by atoms with van der Waals surface area (Å²) in [6, 6.07) is 1.68. The lowest BCUT2D eigenvalue weighted by Crippen LogP contribution is -2.34. The number of aromatic nitrogens is 3. The van der Waals surface area contributed by atoms with Crippen LogP contribution in [0.2, 0.25) is 0 Å². The molecule has 22 heavy (non-hydrogen) atoms. The Labute approximate surface area is 132 Å². The van der Waals surface area contributed by atoms with E-state index in [2.05, 4.69) is 27.6 Å². The van der Waals surface area contributed by atoms with Gasteiger partial charge in [0.25, 0.3) is 0 Å². The molecule has 3 heterocycles. The predicted octanol–water partition coefficient (Wildman–Crippen LogP) is 3.16. The second kappa shape index (κ2) is 6.43. The molecule has 0 saturated carbocycles. The highest BCUT2D eigenvalue weighted by Crippen LogP contribution is 2.32. The lowest BCUT2D eigenvalue weighted by Gasteiger charge is -2.22. The Morgan fingerprint density at radius 3 is 3.14 bits per heavy atom. The summed E-state index contributed by atoms with van der Waals surface area (Å²) in [7, 11) is 0. The van der Waals surface area contributed by atoms with Gasteiger partial charge in [0.1, 0.15) is 5.01 Å². The lowest BCUT2D eigenvalue weighted by molar-refractivity contribution is 0.195. The van der Waals surface area contributed by atoms with E-state index in [1.807, 2.05) is 13.0 Å². The lowest BCUT2D eigenvalue weighted by atomic mass is 10.1. The molecule has 2 aromatic rings. The number of rotatable bonds is 4. The molecular formula is C14H19N5O2S. The van der Waals surface area contributed by atoms with Gasteiger partial charge in [-0.25, -0.2) is 4.79 Å². The number of amides is 2. The Hall–Kier alpha value is -1.96. The minimum Gasteiger partial charge on any atom is -0.359 e. The molecule has 0 unspecified atom stereocenters. The van der Waals surface area contributed by atoms with E-state index in [0.717, 1.165) is 42.1 Å². The molecular weight excluding hydrogens is 302 g/mol. The second-order valence-electron chi connectivity index (χ2n) is 5.40. The van der Waals surface area contributed by atoms with Gasteiger partial charge in [0.05, 0.1) is 11.7 Å².